The van der Waals surface area contributed by atoms with Gasteiger partial charge in [0.2, 0.25) is 15.8 Å². The van der Waals surface area contributed by atoms with Gasteiger partial charge in [0.25, 0.3) is 0 Å². The van der Waals surface area contributed by atoms with E-state index in [-0.39, 0.29) is 17.0 Å². The molecule has 4 heterocycles. The van der Waals surface area contributed by atoms with Crippen molar-refractivity contribution in [3.05, 3.63) is 47.5 Å². The molecule has 0 saturated carbocycles. The smallest absolute Gasteiger partial charge is 0.299 e. The Hall–Kier alpha value is -2.87. The van der Waals surface area contributed by atoms with Gasteiger partial charge < -0.3 is 0 Å². The maximum absolute atomic E-state index is 13.8. The van der Waals surface area contributed by atoms with Crippen LogP contribution in [0.2, 0.25) is 0 Å². The van der Waals surface area contributed by atoms with Crippen LogP contribution in [0, 0.1) is 0 Å². The number of sulfonamides is 1. The zero-order valence-corrected chi connectivity index (χ0v) is 22.2. The molecule has 3 aromatic rings. The third-order valence-electron chi connectivity index (χ3n) is 8.86. The summed E-state index contributed by atoms with van der Waals surface area (Å²) in [4.78, 5) is 4.14. The summed E-state index contributed by atoms with van der Waals surface area (Å²) in [5.74, 6) is 0.0960. The van der Waals surface area contributed by atoms with Gasteiger partial charge in [-0.25, -0.2) is 13.6 Å². The molecule has 3 unspecified atom stereocenters. The van der Waals surface area contributed by atoms with Gasteiger partial charge in [-0.05, 0) is 86.1 Å². The maximum atomic E-state index is 13.8. The molecule has 3 aliphatic heterocycles. The Morgan fingerprint density at radius 3 is 2.26 bits per heavy atom. The molecular formula is C26H30F3N7O2S. The number of aromatic amines is 1. The van der Waals surface area contributed by atoms with E-state index in [1.54, 1.807) is 12.1 Å². The fourth-order valence-corrected chi connectivity index (χ4v) is 7.92. The van der Waals surface area contributed by atoms with Crippen molar-refractivity contribution in [3.8, 4) is 22.5 Å². The molecule has 0 amide bonds. The van der Waals surface area contributed by atoms with Crippen molar-refractivity contribution in [1.82, 2.24) is 30.4 Å². The standard InChI is InChI=1S/C26H30F3N7O2S/c1-35-18-6-9-21(35)22(14-18)36-12-10-16(11-13-36)15-2-4-17(5-3-15)19-7-8-20(26(27,28)29)24(39(30,37)38)23(19)25-31-33-34-32-25/h2-5,7-8,16,18,21-22H,6,9-14H2,1H3,(H2,30,37,38)(H,31,32,33,34). The number of primary sulfonamides is 1. The van der Waals surface area contributed by atoms with E-state index in [2.05, 4.69) is 37.5 Å². The third kappa shape index (κ3) is 4.75. The van der Waals surface area contributed by atoms with E-state index >= 15 is 0 Å². The van der Waals surface area contributed by atoms with Crippen LogP contribution in [-0.4, -0.2) is 77.1 Å². The lowest BCUT2D eigenvalue weighted by Gasteiger charge is -2.39. The fraction of sp³-hybridized carbons (Fsp3) is 0.500. The van der Waals surface area contributed by atoms with Crippen molar-refractivity contribution in [1.29, 1.82) is 0 Å². The Labute approximate surface area is 224 Å². The molecule has 1 aromatic heterocycles. The molecule has 6 rings (SSSR count). The highest BCUT2D eigenvalue weighted by Gasteiger charge is 2.46. The number of tetrazole rings is 1. The number of hydrogen-bond acceptors (Lipinski definition) is 7. The molecule has 3 fully saturated rings. The van der Waals surface area contributed by atoms with Crippen molar-refractivity contribution < 1.29 is 21.6 Å². The molecule has 9 nitrogen and oxygen atoms in total. The van der Waals surface area contributed by atoms with Crippen LogP contribution in [0.15, 0.2) is 41.3 Å². The first kappa shape index (κ1) is 26.4. The summed E-state index contributed by atoms with van der Waals surface area (Å²) in [5.41, 5.74) is 0.189. The van der Waals surface area contributed by atoms with Gasteiger partial charge in [-0.1, -0.05) is 30.3 Å². The highest BCUT2D eigenvalue weighted by Crippen LogP contribution is 2.44. The molecule has 13 heteroatoms. The van der Waals surface area contributed by atoms with Gasteiger partial charge in [-0.2, -0.15) is 18.4 Å². The summed E-state index contributed by atoms with van der Waals surface area (Å²) in [7, 11) is -2.54. The van der Waals surface area contributed by atoms with Gasteiger partial charge in [0.15, 0.2) is 0 Å². The van der Waals surface area contributed by atoms with E-state index < -0.39 is 26.7 Å². The second-order valence-corrected chi connectivity index (χ2v) is 12.3. The number of hydrogen-bond donors (Lipinski definition) is 2. The number of aromatic nitrogens is 4. The number of rotatable bonds is 5. The summed E-state index contributed by atoms with van der Waals surface area (Å²) in [6.45, 7) is 2.10. The first-order chi connectivity index (χ1) is 18.5. The second kappa shape index (κ2) is 9.65. The van der Waals surface area contributed by atoms with Crippen LogP contribution in [0.3, 0.4) is 0 Å². The number of benzene rings is 2. The second-order valence-electron chi connectivity index (χ2n) is 10.8. The summed E-state index contributed by atoms with van der Waals surface area (Å²) < 4.78 is 66.2. The van der Waals surface area contributed by atoms with Crippen molar-refractivity contribution in [2.45, 2.75) is 67.2 Å². The normalized spacial score (nSPS) is 25.0. The summed E-state index contributed by atoms with van der Waals surface area (Å²) in [6, 6.07) is 11.5. The molecule has 0 aliphatic carbocycles. The Bertz CT molecular complexity index is 1450. The molecule has 0 radical (unpaired) electrons. The molecule has 3 aliphatic rings. The lowest BCUT2D eigenvalue weighted by molar-refractivity contribution is -0.139. The number of halogens is 3. The largest absolute Gasteiger partial charge is 0.417 e. The monoisotopic (exact) mass is 561 g/mol. The maximum Gasteiger partial charge on any atom is 0.417 e. The summed E-state index contributed by atoms with van der Waals surface area (Å²) in [5, 5.41) is 18.4. The van der Waals surface area contributed by atoms with Crippen LogP contribution in [0.1, 0.15) is 49.1 Å². The first-order valence-electron chi connectivity index (χ1n) is 13.1. The predicted octanol–water partition coefficient (Wildman–Crippen LogP) is 3.61. The summed E-state index contributed by atoms with van der Waals surface area (Å²) in [6.07, 6.45) is 0.992. The molecular weight excluding hydrogens is 531 g/mol. The lowest BCUT2D eigenvalue weighted by Crippen LogP contribution is -2.47. The van der Waals surface area contributed by atoms with E-state index in [4.69, 9.17) is 5.14 Å². The van der Waals surface area contributed by atoms with Crippen LogP contribution in [-0.2, 0) is 16.2 Å². The van der Waals surface area contributed by atoms with Crippen molar-refractivity contribution >= 4 is 10.0 Å². The Morgan fingerprint density at radius 1 is 1.00 bits per heavy atom. The van der Waals surface area contributed by atoms with Crippen molar-refractivity contribution in [2.24, 2.45) is 5.14 Å². The first-order valence-corrected chi connectivity index (χ1v) is 14.6. The molecule has 0 spiro atoms. The van der Waals surface area contributed by atoms with E-state index in [9.17, 15) is 21.6 Å². The molecule has 39 heavy (non-hydrogen) atoms. The van der Waals surface area contributed by atoms with Gasteiger partial charge in [-0.3, -0.25) is 9.80 Å². The number of likely N-dealkylation sites (N-methyl/N-ethyl adjacent to an activating group) is 1. The number of nitrogens with one attached hydrogen (secondary N) is 1. The Kier molecular flexibility index (Phi) is 6.52. The third-order valence-corrected chi connectivity index (χ3v) is 9.85. The average molecular weight is 562 g/mol. The van der Waals surface area contributed by atoms with Crippen LogP contribution in [0.4, 0.5) is 13.2 Å². The number of nitrogens with zero attached hydrogens (tertiary/aromatic N) is 5. The van der Waals surface area contributed by atoms with Gasteiger partial charge in [0, 0.05) is 18.1 Å². The van der Waals surface area contributed by atoms with Crippen LogP contribution in [0.5, 0.6) is 0 Å². The van der Waals surface area contributed by atoms with Crippen LogP contribution < -0.4 is 5.14 Å². The van der Waals surface area contributed by atoms with Gasteiger partial charge >= 0.3 is 6.18 Å². The predicted molar refractivity (Wildman–Crippen MR) is 138 cm³/mol. The Morgan fingerprint density at radius 2 is 1.72 bits per heavy atom. The van der Waals surface area contributed by atoms with E-state index in [0.29, 0.717) is 23.6 Å². The topological polar surface area (TPSA) is 121 Å². The van der Waals surface area contributed by atoms with Crippen LogP contribution >= 0.6 is 0 Å². The number of piperidine rings is 1. The number of H-pyrrole nitrogens is 1. The molecule has 2 aromatic carbocycles. The van der Waals surface area contributed by atoms with Crippen molar-refractivity contribution in [2.75, 3.05) is 20.1 Å². The van der Waals surface area contributed by atoms with Gasteiger partial charge in [0.05, 0.1) is 11.1 Å². The quantitative estimate of drug-likeness (QED) is 0.488. The van der Waals surface area contributed by atoms with E-state index in [0.717, 1.165) is 43.6 Å². The van der Waals surface area contributed by atoms with E-state index in [1.807, 2.05) is 12.1 Å². The minimum absolute atomic E-state index is 0.218. The van der Waals surface area contributed by atoms with E-state index in [1.165, 1.54) is 25.3 Å². The summed E-state index contributed by atoms with van der Waals surface area (Å²) >= 11 is 0. The average Bonchev–Trinajstić information content (AvgIpc) is 3.64. The number of nitrogens with two attached hydrogens (primary N) is 1. The van der Waals surface area contributed by atoms with Crippen molar-refractivity contribution in [3.63, 3.8) is 0 Å². The number of fused-ring (bicyclic) bond motifs is 2. The zero-order valence-electron chi connectivity index (χ0n) is 21.4. The highest BCUT2D eigenvalue weighted by molar-refractivity contribution is 7.89. The minimum Gasteiger partial charge on any atom is -0.299 e. The SMILES string of the molecule is CN1C2CCC1C(N1CCC(c3ccc(-c4ccc(C(F)(F)F)c(S(N)(=O)=O)c4-c4nn[nH]n4)cc3)CC1)C2. The molecule has 2 bridgehead atoms. The number of alkyl halides is 3. The van der Waals surface area contributed by atoms with Gasteiger partial charge in [-0.15, -0.1) is 10.2 Å². The lowest BCUT2D eigenvalue weighted by atomic mass is 9.86. The zero-order chi connectivity index (χ0) is 27.5. The fourth-order valence-electron chi connectivity index (χ4n) is 6.95. The molecule has 3 N–H and O–H groups in total. The number of likely N-dealkylation sites (tertiary alicyclic amines) is 1. The molecule has 208 valence electrons. The Balaban J connectivity index is 1.27. The highest BCUT2D eigenvalue weighted by atomic mass is 32.2. The molecule has 3 saturated heterocycles. The van der Waals surface area contributed by atoms with Gasteiger partial charge in [0.1, 0.15) is 4.90 Å². The molecule has 3 atom stereocenters. The van der Waals surface area contributed by atoms with Crippen LogP contribution in [0.25, 0.3) is 22.5 Å². The minimum atomic E-state index is -4.95.